The van der Waals surface area contributed by atoms with Gasteiger partial charge in [-0.1, -0.05) is 147 Å². The van der Waals surface area contributed by atoms with Crippen molar-refractivity contribution in [3.63, 3.8) is 0 Å². The molecular formula is C12H12Br8. The lowest BCUT2D eigenvalue weighted by atomic mass is 9.76. The maximum absolute atomic E-state index is 4.05. The van der Waals surface area contributed by atoms with E-state index in [4.69, 9.17) is 0 Å². The Balaban J connectivity index is 2.86. The maximum Gasteiger partial charge on any atom is 0.127 e. The van der Waals surface area contributed by atoms with E-state index in [0.29, 0.717) is 0 Å². The third-order valence-corrected chi connectivity index (χ3v) is 20.4. The third-order valence-electron chi connectivity index (χ3n) is 4.70. The van der Waals surface area contributed by atoms with E-state index in [-0.39, 0.29) is 13.0 Å². The second kappa shape index (κ2) is 5.29. The molecule has 8 heteroatoms. The van der Waals surface area contributed by atoms with Gasteiger partial charge in [0.25, 0.3) is 0 Å². The largest absolute Gasteiger partial charge is 0.127 e. The highest BCUT2D eigenvalue weighted by molar-refractivity contribution is 9.31. The molecule has 0 nitrogen and oxygen atoms in total. The molecule has 0 spiro atoms. The summed E-state index contributed by atoms with van der Waals surface area (Å²) in [7, 11) is 0. The van der Waals surface area contributed by atoms with E-state index in [1.54, 1.807) is 0 Å². The van der Waals surface area contributed by atoms with E-state index in [9.17, 15) is 0 Å². The summed E-state index contributed by atoms with van der Waals surface area (Å²) in [5, 5.41) is 0. The van der Waals surface area contributed by atoms with Crippen LogP contribution in [0.1, 0.15) is 27.2 Å². The van der Waals surface area contributed by atoms with Gasteiger partial charge in [0.1, 0.15) is 14.0 Å². The molecule has 0 aromatic carbocycles. The third kappa shape index (κ3) is 2.06. The van der Waals surface area contributed by atoms with Gasteiger partial charge in [0.15, 0.2) is 0 Å². The smallest absolute Gasteiger partial charge is 0.0822 e. The van der Waals surface area contributed by atoms with Crippen LogP contribution >= 0.6 is 127 Å². The molecule has 1 fully saturated rings. The summed E-state index contributed by atoms with van der Waals surface area (Å²) in [6, 6.07) is 0. The van der Waals surface area contributed by atoms with Crippen LogP contribution in [0.3, 0.4) is 0 Å². The van der Waals surface area contributed by atoms with Crippen LogP contribution in [0.15, 0.2) is 11.6 Å². The molecule has 2 unspecified atom stereocenters. The number of rotatable bonds is 0. The Kier molecular flexibility index (Phi) is 5.26. The normalized spacial score (nSPS) is 43.9. The topological polar surface area (TPSA) is 0 Å². The lowest BCUT2D eigenvalue weighted by Gasteiger charge is -2.53. The van der Waals surface area contributed by atoms with E-state index in [1.165, 1.54) is 5.57 Å². The maximum atomic E-state index is 4.05. The molecule has 116 valence electrons. The number of fused-ring (bicyclic) bond motifs is 1. The molecule has 0 radical (unpaired) electrons. The molecule has 0 aliphatic heterocycles. The summed E-state index contributed by atoms with van der Waals surface area (Å²) in [5.74, 6) is 0. The molecule has 0 N–H and O–H groups in total. The molecule has 0 aromatic rings. The van der Waals surface area contributed by atoms with E-state index >= 15 is 0 Å². The van der Waals surface area contributed by atoms with Crippen LogP contribution in [0.25, 0.3) is 0 Å². The van der Waals surface area contributed by atoms with Gasteiger partial charge >= 0.3 is 0 Å². The van der Waals surface area contributed by atoms with Gasteiger partial charge in [0.05, 0.1) is 4.32 Å². The number of hydrogen-bond acceptors (Lipinski definition) is 0. The van der Waals surface area contributed by atoms with Crippen LogP contribution in [0.5, 0.6) is 0 Å². The molecule has 2 aliphatic rings. The Hall–Kier alpha value is 3.58. The fourth-order valence-corrected chi connectivity index (χ4v) is 11.0. The first-order chi connectivity index (χ1) is 8.59. The predicted molar refractivity (Wildman–Crippen MR) is 117 cm³/mol. The van der Waals surface area contributed by atoms with Crippen molar-refractivity contribution >= 4 is 127 Å². The highest BCUT2D eigenvalue weighted by atomic mass is 79.9. The Morgan fingerprint density at radius 2 is 1.25 bits per heavy atom. The van der Waals surface area contributed by atoms with Crippen LogP contribution in [-0.4, -0.2) is 18.3 Å². The second-order valence-electron chi connectivity index (χ2n) is 5.96. The number of alkyl halides is 8. The van der Waals surface area contributed by atoms with Crippen molar-refractivity contribution in [2.24, 2.45) is 5.41 Å². The molecule has 0 amide bonds. The van der Waals surface area contributed by atoms with Gasteiger partial charge in [0.2, 0.25) is 0 Å². The summed E-state index contributed by atoms with van der Waals surface area (Å²) in [5.41, 5.74) is 1.27. The summed E-state index contributed by atoms with van der Waals surface area (Å²) < 4.78 is -1.83. The van der Waals surface area contributed by atoms with Crippen molar-refractivity contribution in [2.75, 3.05) is 0 Å². The minimum atomic E-state index is -0.458. The Morgan fingerprint density at radius 3 is 1.70 bits per heavy atom. The van der Waals surface area contributed by atoms with Gasteiger partial charge < -0.3 is 0 Å². The summed E-state index contributed by atoms with van der Waals surface area (Å²) >= 11 is 31.3. The quantitative estimate of drug-likeness (QED) is 0.172. The standard InChI is InChI=1S/C12H12Br8/c1-7(2)6-4-5-9(14,15)12(19,20)10(6,16)11(17,18)8(7,3)13/h4H,5H2,1-3H3. The average Bonchev–Trinajstić information content (AvgIpc) is 2.32. The van der Waals surface area contributed by atoms with Crippen LogP contribution in [-0.2, 0) is 0 Å². The van der Waals surface area contributed by atoms with E-state index < -0.39 is 10.8 Å². The zero-order valence-electron chi connectivity index (χ0n) is 10.8. The SMILES string of the molecule is CC1(C)C2=CCC(Br)(Br)C(Br)(Br)C2(Br)C(Br)(Br)C1(C)Br. The van der Waals surface area contributed by atoms with Gasteiger partial charge in [-0.05, 0) is 18.9 Å². The highest BCUT2D eigenvalue weighted by Gasteiger charge is 2.80. The second-order valence-corrected chi connectivity index (χ2v) is 19.4. The molecule has 20 heavy (non-hydrogen) atoms. The molecule has 2 atom stereocenters. The van der Waals surface area contributed by atoms with Crippen molar-refractivity contribution in [1.82, 2.24) is 0 Å². The fraction of sp³-hybridized carbons (Fsp3) is 0.833. The van der Waals surface area contributed by atoms with Gasteiger partial charge in [-0.25, -0.2) is 0 Å². The zero-order valence-corrected chi connectivity index (χ0v) is 23.5. The minimum Gasteiger partial charge on any atom is -0.0822 e. The Bertz CT molecular complexity index is 488. The van der Waals surface area contributed by atoms with E-state index in [0.717, 1.165) is 6.42 Å². The molecule has 2 rings (SSSR count). The number of halogens is 8. The molecule has 2 aliphatic carbocycles. The lowest BCUT2D eigenvalue weighted by molar-refractivity contribution is 0.379. The number of allylic oxidation sites excluding steroid dienone is 2. The lowest BCUT2D eigenvalue weighted by Crippen LogP contribution is -2.62. The van der Waals surface area contributed by atoms with Crippen molar-refractivity contribution in [1.29, 1.82) is 0 Å². The molecular weight excluding hydrogens is 783 g/mol. The average molecular weight is 795 g/mol. The van der Waals surface area contributed by atoms with E-state index in [1.807, 2.05) is 0 Å². The Labute approximate surface area is 187 Å². The van der Waals surface area contributed by atoms with Gasteiger partial charge in [-0.2, -0.15) is 0 Å². The molecule has 0 bridgehead atoms. The minimum absolute atomic E-state index is 0.0627. The molecule has 0 saturated heterocycles. The van der Waals surface area contributed by atoms with Crippen molar-refractivity contribution in [3.8, 4) is 0 Å². The van der Waals surface area contributed by atoms with Gasteiger partial charge in [0, 0.05) is 5.41 Å². The van der Waals surface area contributed by atoms with Crippen molar-refractivity contribution in [2.45, 2.75) is 45.5 Å². The zero-order chi connectivity index (χ0) is 16.0. The first-order valence-corrected chi connectivity index (χ1v) is 12.2. The van der Waals surface area contributed by atoms with Crippen LogP contribution in [0, 0.1) is 5.41 Å². The van der Waals surface area contributed by atoms with E-state index in [2.05, 4.69) is 154 Å². The van der Waals surface area contributed by atoms with Crippen LogP contribution in [0.4, 0.5) is 0 Å². The monoisotopic (exact) mass is 787 g/mol. The molecule has 0 aromatic heterocycles. The van der Waals surface area contributed by atoms with Crippen LogP contribution < -0.4 is 0 Å². The first-order valence-electron chi connectivity index (χ1n) is 5.81. The summed E-state index contributed by atoms with van der Waals surface area (Å²) in [6.45, 7) is 6.73. The molecule has 0 heterocycles. The summed E-state index contributed by atoms with van der Waals surface area (Å²) in [4.78, 5) is 0. The Morgan fingerprint density at radius 1 is 0.800 bits per heavy atom. The van der Waals surface area contributed by atoms with Crippen LogP contribution in [0.2, 0.25) is 0 Å². The summed E-state index contributed by atoms with van der Waals surface area (Å²) in [6.07, 6.45) is 3.16. The predicted octanol–water partition coefficient (Wildman–Crippen LogP) is 8.10. The highest BCUT2D eigenvalue weighted by Crippen LogP contribution is 2.80. The van der Waals surface area contributed by atoms with Gasteiger partial charge in [-0.3, -0.25) is 0 Å². The molecule has 1 saturated carbocycles. The van der Waals surface area contributed by atoms with Crippen molar-refractivity contribution in [3.05, 3.63) is 11.6 Å². The first kappa shape index (κ1) is 19.9. The number of hydrogen-bond donors (Lipinski definition) is 0. The fourth-order valence-electron chi connectivity index (χ4n) is 2.94. The van der Waals surface area contributed by atoms with Crippen molar-refractivity contribution < 1.29 is 0 Å². The van der Waals surface area contributed by atoms with Gasteiger partial charge in [-0.15, -0.1) is 0 Å².